The van der Waals surface area contributed by atoms with Gasteiger partial charge in [-0.25, -0.2) is 0 Å². The Morgan fingerprint density at radius 3 is 1.87 bits per heavy atom. The maximum absolute atomic E-state index is 3.88. The van der Waals surface area contributed by atoms with E-state index in [1.165, 1.54) is 51.4 Å². The highest BCUT2D eigenvalue weighted by Crippen LogP contribution is 2.31. The summed E-state index contributed by atoms with van der Waals surface area (Å²) >= 11 is 0. The minimum absolute atomic E-state index is 0.850. The van der Waals surface area contributed by atoms with Gasteiger partial charge in [-0.3, -0.25) is 0 Å². The zero-order chi connectivity index (χ0) is 10.7. The Labute approximate surface area is 95.0 Å². The van der Waals surface area contributed by atoms with Gasteiger partial charge in [0.05, 0.1) is 0 Å². The van der Waals surface area contributed by atoms with Crippen molar-refractivity contribution in [2.24, 2.45) is 11.8 Å². The van der Waals surface area contributed by atoms with Crippen LogP contribution in [0, 0.1) is 11.8 Å². The van der Waals surface area contributed by atoms with Gasteiger partial charge in [-0.15, -0.1) is 0 Å². The van der Waals surface area contributed by atoms with Crippen LogP contribution in [0.2, 0.25) is 0 Å². The third kappa shape index (κ3) is 3.21. The van der Waals surface area contributed by atoms with Crippen LogP contribution in [0.1, 0.15) is 65.2 Å². The van der Waals surface area contributed by atoms with Crippen LogP contribution in [0.3, 0.4) is 0 Å². The van der Waals surface area contributed by atoms with E-state index in [9.17, 15) is 0 Å². The lowest BCUT2D eigenvalue weighted by Crippen LogP contribution is -2.39. The summed E-state index contributed by atoms with van der Waals surface area (Å²) in [5.41, 5.74) is 0. The second-order valence-electron chi connectivity index (χ2n) is 6.00. The number of rotatable bonds is 3. The van der Waals surface area contributed by atoms with Gasteiger partial charge in [0, 0.05) is 12.1 Å². The summed E-state index contributed by atoms with van der Waals surface area (Å²) in [6, 6.07) is 1.72. The molecule has 0 bridgehead atoms. The fraction of sp³-hybridized carbons (Fsp3) is 1.00. The van der Waals surface area contributed by atoms with Crippen molar-refractivity contribution in [2.45, 2.75) is 77.3 Å². The topological polar surface area (TPSA) is 12.0 Å². The van der Waals surface area contributed by atoms with E-state index in [0.717, 1.165) is 23.9 Å². The molecule has 2 rings (SSSR count). The van der Waals surface area contributed by atoms with E-state index in [0.29, 0.717) is 0 Å². The van der Waals surface area contributed by atoms with Crippen LogP contribution < -0.4 is 5.32 Å². The molecule has 0 aromatic carbocycles. The highest BCUT2D eigenvalue weighted by atomic mass is 15.0. The largest absolute Gasteiger partial charge is 0.311 e. The monoisotopic (exact) mass is 209 g/mol. The summed E-state index contributed by atoms with van der Waals surface area (Å²) in [6.07, 6.45) is 11.6. The molecule has 2 saturated carbocycles. The maximum Gasteiger partial charge on any atom is 0.00698 e. The molecule has 0 aromatic heterocycles. The molecule has 2 aliphatic carbocycles. The molecule has 0 unspecified atom stereocenters. The van der Waals surface area contributed by atoms with E-state index in [1.807, 2.05) is 0 Å². The summed E-state index contributed by atoms with van der Waals surface area (Å²) in [5.74, 6) is 1.91. The molecule has 2 aliphatic rings. The van der Waals surface area contributed by atoms with E-state index in [-0.39, 0.29) is 0 Å². The first-order chi connectivity index (χ1) is 7.25. The molecule has 0 spiro atoms. The van der Waals surface area contributed by atoms with Gasteiger partial charge in [0.2, 0.25) is 0 Å². The quantitative estimate of drug-likeness (QED) is 0.747. The van der Waals surface area contributed by atoms with Gasteiger partial charge >= 0.3 is 0 Å². The Hall–Kier alpha value is -0.0400. The number of hydrogen-bond donors (Lipinski definition) is 1. The molecule has 0 amide bonds. The highest BCUT2D eigenvalue weighted by Gasteiger charge is 2.25. The van der Waals surface area contributed by atoms with Gasteiger partial charge in [0.25, 0.3) is 0 Å². The van der Waals surface area contributed by atoms with Crippen LogP contribution in [0.4, 0.5) is 0 Å². The first-order valence-electron chi connectivity index (χ1n) is 7.01. The molecule has 0 saturated heterocycles. The second-order valence-corrected chi connectivity index (χ2v) is 6.00. The summed E-state index contributed by atoms with van der Waals surface area (Å²) < 4.78 is 0. The predicted octanol–water partition coefficient (Wildman–Crippen LogP) is 3.73. The Morgan fingerprint density at radius 1 is 0.800 bits per heavy atom. The first kappa shape index (κ1) is 11.4. The normalized spacial score (nSPS) is 33.8. The van der Waals surface area contributed by atoms with Gasteiger partial charge in [-0.2, -0.15) is 0 Å². The van der Waals surface area contributed by atoms with E-state index in [2.05, 4.69) is 19.2 Å². The van der Waals surface area contributed by atoms with Gasteiger partial charge in [0.15, 0.2) is 0 Å². The first-order valence-corrected chi connectivity index (χ1v) is 7.01. The zero-order valence-corrected chi connectivity index (χ0v) is 10.5. The average Bonchev–Trinajstić information content (AvgIpc) is 2.71. The zero-order valence-electron chi connectivity index (χ0n) is 10.5. The number of nitrogens with one attached hydrogen (secondary N) is 1. The molecule has 1 nitrogen and oxygen atoms in total. The molecule has 88 valence electrons. The van der Waals surface area contributed by atoms with Crippen LogP contribution in [-0.4, -0.2) is 12.1 Å². The third-order valence-corrected chi connectivity index (χ3v) is 4.54. The Balaban J connectivity index is 1.68. The standard InChI is InChI=1S/C14H27N/c1-11(2)12-7-9-14(10-8-12)15-13-5-3-4-6-13/h11-15H,3-10H2,1-2H3/t12-,14-. The molecule has 2 fully saturated rings. The predicted molar refractivity (Wildman–Crippen MR) is 66.0 cm³/mol. The molecule has 0 atom stereocenters. The molecule has 0 aliphatic heterocycles. The van der Waals surface area contributed by atoms with Crippen molar-refractivity contribution in [3.05, 3.63) is 0 Å². The van der Waals surface area contributed by atoms with Crippen molar-refractivity contribution in [3.63, 3.8) is 0 Å². The molecule has 0 radical (unpaired) electrons. The lowest BCUT2D eigenvalue weighted by atomic mass is 9.79. The Bertz CT molecular complexity index is 174. The maximum atomic E-state index is 3.88. The third-order valence-electron chi connectivity index (χ3n) is 4.54. The SMILES string of the molecule is CC(C)[C@H]1CC[C@H](NC2CCCC2)CC1. The molecule has 1 N–H and O–H groups in total. The minimum atomic E-state index is 0.850. The van der Waals surface area contributed by atoms with Crippen molar-refractivity contribution in [1.82, 2.24) is 5.32 Å². The summed E-state index contributed by atoms with van der Waals surface area (Å²) in [7, 11) is 0. The summed E-state index contributed by atoms with van der Waals surface area (Å²) in [4.78, 5) is 0. The smallest absolute Gasteiger partial charge is 0.00698 e. The van der Waals surface area contributed by atoms with Crippen molar-refractivity contribution >= 4 is 0 Å². The lowest BCUT2D eigenvalue weighted by Gasteiger charge is -2.33. The molecule has 1 heteroatoms. The highest BCUT2D eigenvalue weighted by molar-refractivity contribution is 4.83. The van der Waals surface area contributed by atoms with Crippen LogP contribution in [0.25, 0.3) is 0 Å². The van der Waals surface area contributed by atoms with E-state index in [4.69, 9.17) is 0 Å². The summed E-state index contributed by atoms with van der Waals surface area (Å²) in [5, 5.41) is 3.88. The van der Waals surface area contributed by atoms with Gasteiger partial charge in [-0.05, 0) is 50.4 Å². The molecular weight excluding hydrogens is 182 g/mol. The fourth-order valence-corrected chi connectivity index (χ4v) is 3.38. The molecule has 0 aromatic rings. The second kappa shape index (κ2) is 5.34. The van der Waals surface area contributed by atoms with E-state index < -0.39 is 0 Å². The molecule has 15 heavy (non-hydrogen) atoms. The van der Waals surface area contributed by atoms with Crippen molar-refractivity contribution in [1.29, 1.82) is 0 Å². The minimum Gasteiger partial charge on any atom is -0.311 e. The Kier molecular flexibility index (Phi) is 4.07. The van der Waals surface area contributed by atoms with E-state index >= 15 is 0 Å². The fourth-order valence-electron chi connectivity index (χ4n) is 3.38. The van der Waals surface area contributed by atoms with E-state index in [1.54, 1.807) is 0 Å². The van der Waals surface area contributed by atoms with Crippen molar-refractivity contribution in [3.8, 4) is 0 Å². The Morgan fingerprint density at radius 2 is 1.33 bits per heavy atom. The van der Waals surface area contributed by atoms with Gasteiger partial charge in [0.1, 0.15) is 0 Å². The number of hydrogen-bond acceptors (Lipinski definition) is 1. The average molecular weight is 209 g/mol. The van der Waals surface area contributed by atoms with Crippen LogP contribution in [-0.2, 0) is 0 Å². The molecule has 0 heterocycles. The van der Waals surface area contributed by atoms with Crippen LogP contribution >= 0.6 is 0 Å². The van der Waals surface area contributed by atoms with Crippen molar-refractivity contribution in [2.75, 3.05) is 0 Å². The van der Waals surface area contributed by atoms with Gasteiger partial charge < -0.3 is 5.32 Å². The van der Waals surface area contributed by atoms with Crippen LogP contribution in [0.15, 0.2) is 0 Å². The van der Waals surface area contributed by atoms with Crippen LogP contribution in [0.5, 0.6) is 0 Å². The lowest BCUT2D eigenvalue weighted by molar-refractivity contribution is 0.228. The van der Waals surface area contributed by atoms with Gasteiger partial charge in [-0.1, -0.05) is 26.7 Å². The summed E-state index contributed by atoms with van der Waals surface area (Å²) in [6.45, 7) is 4.77. The molecular formula is C14H27N. The van der Waals surface area contributed by atoms with Crippen molar-refractivity contribution < 1.29 is 0 Å².